The zero-order valence-corrected chi connectivity index (χ0v) is 22.2. The summed E-state index contributed by atoms with van der Waals surface area (Å²) in [5.74, 6) is 16.0. The van der Waals surface area contributed by atoms with Crippen LogP contribution >= 0.6 is 0 Å². The Morgan fingerprint density at radius 2 is 1.53 bits per heavy atom. The summed E-state index contributed by atoms with van der Waals surface area (Å²) in [6.07, 6.45) is 16.8. The first kappa shape index (κ1) is 18.3. The van der Waals surface area contributed by atoms with Crippen LogP contribution in [0.15, 0.2) is 0 Å². The molecule has 0 saturated heterocycles. The van der Waals surface area contributed by atoms with Gasteiger partial charge < -0.3 is 0 Å². The molecule has 0 amide bonds. The van der Waals surface area contributed by atoms with E-state index in [1.165, 1.54) is 35.5 Å². The van der Waals surface area contributed by atoms with E-state index >= 15 is 0 Å². The van der Waals surface area contributed by atoms with Crippen molar-refractivity contribution in [2.24, 2.45) is 115 Å². The van der Waals surface area contributed by atoms with Crippen LogP contribution in [0.1, 0.15) is 91.9 Å². The van der Waals surface area contributed by atoms with Gasteiger partial charge in [-0.25, -0.2) is 0 Å². The smallest absolute Gasteiger partial charge is 0.0159 e. The average molecular weight is 455 g/mol. The Morgan fingerprint density at radius 3 is 2.35 bits per heavy atom. The molecule has 0 radical (unpaired) electrons. The molecule has 12 aliphatic carbocycles. The summed E-state index contributed by atoms with van der Waals surface area (Å²) in [7, 11) is 0. The third kappa shape index (κ3) is 1.08. The minimum absolute atomic E-state index is 0.760. The highest BCUT2D eigenvalue weighted by Gasteiger charge is 3.04. The lowest BCUT2D eigenvalue weighted by molar-refractivity contribution is -0.387. The van der Waals surface area contributed by atoms with Crippen LogP contribution in [0.4, 0.5) is 0 Å². The van der Waals surface area contributed by atoms with E-state index in [0.717, 1.165) is 79.8 Å². The second kappa shape index (κ2) is 4.36. The lowest BCUT2D eigenvalue weighted by Gasteiger charge is -2.86. The molecule has 34 heavy (non-hydrogen) atoms. The number of rotatable bonds is 0. The van der Waals surface area contributed by atoms with Crippen LogP contribution in [0, 0.1) is 115 Å². The monoisotopic (exact) mass is 454 g/mol. The van der Waals surface area contributed by atoms with Gasteiger partial charge in [-0.15, -0.1) is 0 Å². The molecule has 0 N–H and O–H groups in total. The van der Waals surface area contributed by atoms with Gasteiger partial charge in [0.25, 0.3) is 0 Å². The van der Waals surface area contributed by atoms with Crippen LogP contribution in [0.5, 0.6) is 0 Å². The van der Waals surface area contributed by atoms with Crippen LogP contribution in [0.25, 0.3) is 0 Å². The Bertz CT molecular complexity index is 1140. The second-order valence-corrected chi connectivity index (χ2v) is 18.2. The van der Waals surface area contributed by atoms with Gasteiger partial charge >= 0.3 is 0 Å². The van der Waals surface area contributed by atoms with E-state index in [-0.39, 0.29) is 0 Å². The Morgan fingerprint density at radius 1 is 0.676 bits per heavy atom. The fourth-order valence-electron chi connectivity index (χ4n) is 20.8. The van der Waals surface area contributed by atoms with Crippen molar-refractivity contribution in [3.8, 4) is 0 Å². The molecule has 0 heteroatoms. The largest absolute Gasteiger partial charge is 0.0619 e. The van der Waals surface area contributed by atoms with E-state index in [1.54, 1.807) is 64.2 Å². The van der Waals surface area contributed by atoms with Gasteiger partial charge in [0, 0.05) is 0 Å². The van der Waals surface area contributed by atoms with Crippen molar-refractivity contribution in [3.05, 3.63) is 0 Å². The predicted molar refractivity (Wildman–Crippen MR) is 132 cm³/mol. The molecular formula is C34H46. The quantitative estimate of drug-likeness (QED) is 0.352. The van der Waals surface area contributed by atoms with Gasteiger partial charge in [0.1, 0.15) is 0 Å². The molecular weight excluding hydrogens is 408 g/mol. The Labute approximate surface area is 207 Å². The summed E-state index contributed by atoms with van der Waals surface area (Å²) in [4.78, 5) is 0. The summed E-state index contributed by atoms with van der Waals surface area (Å²) >= 11 is 0. The topological polar surface area (TPSA) is 0 Å². The molecule has 12 fully saturated rings. The van der Waals surface area contributed by atoms with E-state index in [1.807, 2.05) is 0 Å². The van der Waals surface area contributed by atoms with Crippen molar-refractivity contribution in [1.29, 1.82) is 0 Å². The molecule has 0 aromatic rings. The highest BCUT2D eigenvalue weighted by Crippen LogP contribution is 3.08. The zero-order valence-electron chi connectivity index (χ0n) is 22.2. The van der Waals surface area contributed by atoms with E-state index < -0.39 is 0 Å². The van der Waals surface area contributed by atoms with Crippen LogP contribution in [-0.2, 0) is 0 Å². The van der Waals surface area contributed by atoms with E-state index in [4.69, 9.17) is 0 Å². The molecule has 20 atom stereocenters. The number of hydrogen-bond acceptors (Lipinski definition) is 0. The van der Waals surface area contributed by atoms with E-state index in [9.17, 15) is 0 Å². The third-order valence-electron chi connectivity index (χ3n) is 20.0. The Balaban J connectivity index is 1.26. The summed E-state index contributed by atoms with van der Waals surface area (Å²) in [5.41, 5.74) is 4.90. The maximum atomic E-state index is 2.96. The molecule has 12 rings (SSSR count). The van der Waals surface area contributed by atoms with Gasteiger partial charge in [-0.1, -0.05) is 27.7 Å². The first-order valence-electron chi connectivity index (χ1n) is 16.4. The third-order valence-corrected chi connectivity index (χ3v) is 20.0. The molecule has 0 aromatic carbocycles. The van der Waals surface area contributed by atoms with E-state index in [0.29, 0.717) is 0 Å². The van der Waals surface area contributed by atoms with Crippen molar-refractivity contribution in [3.63, 3.8) is 0 Å². The van der Waals surface area contributed by atoms with Crippen LogP contribution in [-0.4, -0.2) is 0 Å². The summed E-state index contributed by atoms with van der Waals surface area (Å²) < 4.78 is 0. The van der Waals surface area contributed by atoms with Gasteiger partial charge in [-0.3, -0.25) is 0 Å². The summed E-state index contributed by atoms with van der Waals surface area (Å²) in [5, 5.41) is 0. The van der Waals surface area contributed by atoms with Gasteiger partial charge in [0.15, 0.2) is 0 Å². The molecule has 0 heterocycles. The highest BCUT2D eigenvalue weighted by molar-refractivity contribution is 5.51. The Kier molecular flexibility index (Phi) is 2.35. The molecule has 4 spiro atoms. The molecule has 4 bridgehead atoms. The average Bonchev–Trinajstić information content (AvgIpc) is 3.36. The minimum Gasteiger partial charge on any atom is -0.0619 e. The van der Waals surface area contributed by atoms with Crippen LogP contribution < -0.4 is 0 Å². The van der Waals surface area contributed by atoms with Crippen molar-refractivity contribution in [2.45, 2.75) is 91.9 Å². The number of fused-ring (bicyclic) bond motifs is 4. The Hall–Kier alpha value is 0. The fourth-order valence-corrected chi connectivity index (χ4v) is 20.8. The van der Waals surface area contributed by atoms with Gasteiger partial charge in [0.05, 0.1) is 0 Å². The van der Waals surface area contributed by atoms with Crippen LogP contribution in [0.2, 0.25) is 0 Å². The SMILES string of the molecule is CC1C2CCC2C2CC3C4C56CCC(C)C47C[C@@H]4C8(C)C(C9C5C23CC(C)C92C1CC[C@H]28)C47C6. The zero-order chi connectivity index (χ0) is 22.2. The molecule has 18 unspecified atom stereocenters. The predicted octanol–water partition coefficient (Wildman–Crippen LogP) is 7.68. The molecule has 0 aromatic heterocycles. The fraction of sp³-hybridized carbons (Fsp3) is 1.00. The first-order chi connectivity index (χ1) is 16.4. The lowest BCUT2D eigenvalue weighted by Crippen LogP contribution is -2.81. The molecule has 0 nitrogen and oxygen atoms in total. The van der Waals surface area contributed by atoms with Crippen molar-refractivity contribution < 1.29 is 0 Å². The molecule has 12 aliphatic rings. The van der Waals surface area contributed by atoms with Gasteiger partial charge in [-0.05, 0) is 180 Å². The number of hydrogen-bond donors (Lipinski definition) is 0. The lowest BCUT2D eigenvalue weighted by atomic mass is 9.18. The summed E-state index contributed by atoms with van der Waals surface area (Å²) in [6, 6.07) is 0. The van der Waals surface area contributed by atoms with E-state index in [2.05, 4.69) is 27.7 Å². The molecule has 0 aliphatic heterocycles. The molecule has 12 saturated carbocycles. The first-order valence-corrected chi connectivity index (χ1v) is 16.4. The maximum absolute atomic E-state index is 2.96. The minimum atomic E-state index is 0.760. The van der Waals surface area contributed by atoms with Crippen molar-refractivity contribution >= 4 is 0 Å². The van der Waals surface area contributed by atoms with Gasteiger partial charge in [0.2, 0.25) is 0 Å². The van der Waals surface area contributed by atoms with Crippen molar-refractivity contribution in [1.82, 2.24) is 0 Å². The van der Waals surface area contributed by atoms with Gasteiger partial charge in [-0.2, -0.15) is 0 Å². The van der Waals surface area contributed by atoms with Crippen molar-refractivity contribution in [2.75, 3.05) is 0 Å². The standard InChI is InChI=1S/C34H46/c1-15-9-10-30-14-33-24-13-32(15,33)26(30)22-11-21-19-6-5-18(19)17(3)20-7-8-23-29(24,4)27(33)25-28(30)31(21,22)12-16(2)34(20,23)25/h15-28H,5-14H2,1-4H3/t15?,16?,17?,18?,19?,20?,21?,22?,23-,24+,25?,26?,27?,28?,29?,30?,31?,32?,33?,34?/m0/s1. The maximum Gasteiger partial charge on any atom is -0.0159 e. The normalized spacial score (nSPS) is 85.8. The second-order valence-electron chi connectivity index (χ2n) is 18.2. The molecule has 182 valence electrons. The summed E-state index contributed by atoms with van der Waals surface area (Å²) in [6.45, 7) is 11.5. The van der Waals surface area contributed by atoms with Crippen LogP contribution in [0.3, 0.4) is 0 Å². The highest BCUT2D eigenvalue weighted by atomic mass is 15.1.